The zero-order valence-corrected chi connectivity index (χ0v) is 6.90. The predicted octanol–water partition coefficient (Wildman–Crippen LogP) is -0.852. The van der Waals surface area contributed by atoms with Gasteiger partial charge in [-0.25, -0.2) is 4.79 Å². The number of nitrogens with two attached hydrogens (primary N) is 1. The molecule has 70 valence electrons. The summed E-state index contributed by atoms with van der Waals surface area (Å²) in [6, 6.07) is 0. The third-order valence-corrected chi connectivity index (χ3v) is 1.79. The second-order valence-corrected chi connectivity index (χ2v) is 2.78. The Kier molecular flexibility index (Phi) is 3.31. The second kappa shape index (κ2) is 4.27. The average Bonchev–Trinajstić information content (AvgIpc) is 2.43. The van der Waals surface area contributed by atoms with E-state index < -0.39 is 0 Å². The highest BCUT2D eigenvalue weighted by Gasteiger charge is 2.29. The van der Waals surface area contributed by atoms with Gasteiger partial charge < -0.3 is 20.5 Å². The molecule has 1 unspecified atom stereocenters. The number of carbonyl (C=O) groups excluding carboxylic acids is 1. The molecule has 0 aromatic carbocycles. The van der Waals surface area contributed by atoms with Gasteiger partial charge in [0.15, 0.2) is 0 Å². The maximum atomic E-state index is 11.0. The first kappa shape index (κ1) is 9.28. The van der Waals surface area contributed by atoms with Crippen molar-refractivity contribution in [2.45, 2.75) is 12.5 Å². The van der Waals surface area contributed by atoms with Gasteiger partial charge in [-0.3, -0.25) is 0 Å². The van der Waals surface area contributed by atoms with Gasteiger partial charge in [-0.05, 0) is 13.0 Å². The van der Waals surface area contributed by atoms with Crippen LogP contribution in [0.2, 0.25) is 0 Å². The van der Waals surface area contributed by atoms with Gasteiger partial charge in [0, 0.05) is 6.54 Å². The van der Waals surface area contributed by atoms with Crippen LogP contribution in [0.5, 0.6) is 0 Å². The van der Waals surface area contributed by atoms with Gasteiger partial charge in [-0.2, -0.15) is 0 Å². The molecule has 1 rings (SSSR count). The van der Waals surface area contributed by atoms with Crippen LogP contribution in [-0.2, 0) is 4.74 Å². The minimum atomic E-state index is -0.352. The third kappa shape index (κ3) is 2.09. The van der Waals surface area contributed by atoms with Gasteiger partial charge in [0.25, 0.3) is 0 Å². The number of rotatable bonds is 4. The highest BCUT2D eigenvalue weighted by molar-refractivity contribution is 5.69. The molecule has 1 aliphatic rings. The Bertz CT molecular complexity index is 163. The minimum Gasteiger partial charge on any atom is -0.442 e. The van der Waals surface area contributed by atoms with Crippen LogP contribution >= 0.6 is 0 Å². The van der Waals surface area contributed by atoms with Crippen molar-refractivity contribution in [3.63, 3.8) is 0 Å². The monoisotopic (exact) mass is 174 g/mol. The van der Waals surface area contributed by atoms with Crippen molar-refractivity contribution in [1.82, 2.24) is 4.90 Å². The first-order valence-corrected chi connectivity index (χ1v) is 4.04. The normalized spacial score (nSPS) is 23.0. The number of aliphatic hydroxyl groups excluding tert-OH is 1. The maximum Gasteiger partial charge on any atom is 0.410 e. The Hall–Kier alpha value is -0.810. The highest BCUT2D eigenvalue weighted by Crippen LogP contribution is 2.10. The molecule has 0 aromatic rings. The zero-order chi connectivity index (χ0) is 8.97. The van der Waals surface area contributed by atoms with E-state index in [1.165, 1.54) is 0 Å². The number of hydrogen-bond acceptors (Lipinski definition) is 4. The number of aliphatic hydroxyl groups is 1. The molecule has 5 heteroatoms. The molecular formula is C7H14N2O3. The van der Waals surface area contributed by atoms with Gasteiger partial charge in [0.2, 0.25) is 0 Å². The molecule has 3 N–H and O–H groups in total. The molecule has 12 heavy (non-hydrogen) atoms. The van der Waals surface area contributed by atoms with E-state index in [1.807, 2.05) is 0 Å². The summed E-state index contributed by atoms with van der Waals surface area (Å²) in [5.74, 6) is 0. The number of ether oxygens (including phenoxy) is 1. The van der Waals surface area contributed by atoms with Gasteiger partial charge in [0.05, 0.1) is 13.2 Å². The van der Waals surface area contributed by atoms with E-state index in [4.69, 9.17) is 15.6 Å². The predicted molar refractivity (Wildman–Crippen MR) is 42.6 cm³/mol. The van der Waals surface area contributed by atoms with Crippen LogP contribution in [0.25, 0.3) is 0 Å². The van der Waals surface area contributed by atoms with Crippen molar-refractivity contribution in [2.75, 3.05) is 26.2 Å². The molecule has 0 saturated carbocycles. The van der Waals surface area contributed by atoms with Crippen molar-refractivity contribution < 1.29 is 14.6 Å². The molecule has 0 spiro atoms. The maximum absolute atomic E-state index is 11.0. The summed E-state index contributed by atoms with van der Waals surface area (Å²) < 4.78 is 4.82. The smallest absolute Gasteiger partial charge is 0.410 e. The van der Waals surface area contributed by atoms with Crippen LogP contribution in [0.1, 0.15) is 6.42 Å². The summed E-state index contributed by atoms with van der Waals surface area (Å²) in [5, 5.41) is 8.70. The Morgan fingerprint density at radius 2 is 2.50 bits per heavy atom. The lowest BCUT2D eigenvalue weighted by atomic mass is 10.3. The molecule has 0 aromatic heterocycles. The largest absolute Gasteiger partial charge is 0.442 e. The van der Waals surface area contributed by atoms with Crippen LogP contribution in [0, 0.1) is 0 Å². The fourth-order valence-electron chi connectivity index (χ4n) is 1.13. The first-order chi connectivity index (χ1) is 5.77. The molecule has 1 atom stereocenters. The van der Waals surface area contributed by atoms with Crippen molar-refractivity contribution in [3.8, 4) is 0 Å². The molecule has 1 aliphatic heterocycles. The molecule has 0 radical (unpaired) electrons. The van der Waals surface area contributed by atoms with Gasteiger partial charge in [-0.1, -0.05) is 0 Å². The van der Waals surface area contributed by atoms with Crippen molar-refractivity contribution >= 4 is 6.09 Å². The minimum absolute atomic E-state index is 0.106. The zero-order valence-electron chi connectivity index (χ0n) is 6.90. The molecule has 1 heterocycles. The van der Waals surface area contributed by atoms with Crippen LogP contribution in [0.3, 0.4) is 0 Å². The van der Waals surface area contributed by atoms with Crippen LogP contribution in [-0.4, -0.2) is 48.4 Å². The van der Waals surface area contributed by atoms with E-state index in [9.17, 15) is 4.79 Å². The van der Waals surface area contributed by atoms with E-state index in [2.05, 4.69) is 0 Å². The lowest BCUT2D eigenvalue weighted by Gasteiger charge is -2.10. The van der Waals surface area contributed by atoms with Gasteiger partial charge in [-0.15, -0.1) is 0 Å². The fourth-order valence-corrected chi connectivity index (χ4v) is 1.13. The summed E-state index contributed by atoms with van der Waals surface area (Å²) >= 11 is 0. The summed E-state index contributed by atoms with van der Waals surface area (Å²) in [6.07, 6.45) is 0.0746. The molecule has 1 amide bonds. The lowest BCUT2D eigenvalue weighted by molar-refractivity contribution is 0.0948. The lowest BCUT2D eigenvalue weighted by Crippen LogP contribution is -2.28. The molecular weight excluding hydrogens is 160 g/mol. The summed E-state index contributed by atoms with van der Waals surface area (Å²) in [7, 11) is 0. The Morgan fingerprint density at radius 1 is 1.75 bits per heavy atom. The van der Waals surface area contributed by atoms with E-state index in [0.717, 1.165) is 6.42 Å². The standard InChI is InChI=1S/C7H14N2O3/c8-2-1-3-9-4-6(5-10)12-7(9)11/h6,10H,1-5,8H2. The molecule has 5 nitrogen and oxygen atoms in total. The molecule has 1 fully saturated rings. The summed E-state index contributed by atoms with van der Waals surface area (Å²) in [5.41, 5.74) is 5.29. The molecule has 1 saturated heterocycles. The number of amides is 1. The van der Waals surface area contributed by atoms with Crippen molar-refractivity contribution in [3.05, 3.63) is 0 Å². The quantitative estimate of drug-likeness (QED) is 0.582. The van der Waals surface area contributed by atoms with E-state index in [0.29, 0.717) is 19.6 Å². The topological polar surface area (TPSA) is 75.8 Å². The Labute approximate surface area is 71.1 Å². The Morgan fingerprint density at radius 3 is 3.00 bits per heavy atom. The van der Waals surface area contributed by atoms with E-state index in [1.54, 1.807) is 4.90 Å². The fraction of sp³-hybridized carbons (Fsp3) is 0.857. The summed E-state index contributed by atoms with van der Waals surface area (Å²) in [6.45, 7) is 1.56. The van der Waals surface area contributed by atoms with Crippen molar-refractivity contribution in [1.29, 1.82) is 0 Å². The number of cyclic esters (lactones) is 1. The van der Waals surface area contributed by atoms with Crippen LogP contribution in [0.15, 0.2) is 0 Å². The SMILES string of the molecule is NCCCN1CC(CO)OC1=O. The molecule has 0 aliphatic carbocycles. The first-order valence-electron chi connectivity index (χ1n) is 4.04. The summed E-state index contributed by atoms with van der Waals surface area (Å²) in [4.78, 5) is 12.6. The van der Waals surface area contributed by atoms with Gasteiger partial charge >= 0.3 is 6.09 Å². The second-order valence-electron chi connectivity index (χ2n) is 2.78. The van der Waals surface area contributed by atoms with E-state index in [-0.39, 0.29) is 18.8 Å². The van der Waals surface area contributed by atoms with Crippen LogP contribution in [0.4, 0.5) is 4.79 Å². The third-order valence-electron chi connectivity index (χ3n) is 1.79. The highest BCUT2D eigenvalue weighted by atomic mass is 16.6. The van der Waals surface area contributed by atoms with E-state index >= 15 is 0 Å². The molecule has 0 bridgehead atoms. The average molecular weight is 174 g/mol. The Balaban J connectivity index is 2.31. The van der Waals surface area contributed by atoms with Crippen molar-refractivity contribution in [2.24, 2.45) is 5.73 Å². The van der Waals surface area contributed by atoms with Gasteiger partial charge in [0.1, 0.15) is 6.10 Å². The number of nitrogens with zero attached hydrogens (tertiary/aromatic N) is 1. The number of hydrogen-bond donors (Lipinski definition) is 2. The van der Waals surface area contributed by atoms with Crippen LogP contribution < -0.4 is 5.73 Å². The number of carbonyl (C=O) groups is 1.